The molecule has 0 bridgehead atoms. The molecule has 0 heteroatoms. The molecule has 0 radical (unpaired) electrons. The lowest BCUT2D eigenvalue weighted by Gasteiger charge is -2.11. The van der Waals surface area contributed by atoms with Crippen LogP contribution in [-0.2, 0) is 6.42 Å². The average Bonchev–Trinajstić information content (AvgIpc) is 2.84. The maximum atomic E-state index is 2.41. The van der Waals surface area contributed by atoms with Gasteiger partial charge in [-0.25, -0.2) is 0 Å². The average molecular weight is 284 g/mol. The third kappa shape index (κ3) is 2.25. The molecule has 0 fully saturated rings. The fourth-order valence-corrected chi connectivity index (χ4v) is 3.49. The van der Waals surface area contributed by atoms with E-state index in [4.69, 9.17) is 0 Å². The van der Waals surface area contributed by atoms with E-state index in [2.05, 4.69) is 73.7 Å². The van der Waals surface area contributed by atoms with Crippen molar-refractivity contribution in [2.24, 2.45) is 0 Å². The van der Waals surface area contributed by atoms with Gasteiger partial charge in [-0.15, -0.1) is 0 Å². The molecule has 0 aliphatic heterocycles. The Morgan fingerprint density at radius 2 is 1.91 bits per heavy atom. The minimum atomic E-state index is 1.05. The van der Waals surface area contributed by atoms with Gasteiger partial charge < -0.3 is 0 Å². The second-order valence-electron chi connectivity index (χ2n) is 6.11. The first-order valence-corrected chi connectivity index (χ1v) is 8.13. The quantitative estimate of drug-likeness (QED) is 0.634. The molecule has 0 saturated carbocycles. The van der Waals surface area contributed by atoms with Gasteiger partial charge in [0.15, 0.2) is 0 Å². The van der Waals surface area contributed by atoms with Crippen LogP contribution in [0.15, 0.2) is 77.9 Å². The van der Waals surface area contributed by atoms with Crippen molar-refractivity contribution in [2.75, 3.05) is 0 Å². The minimum Gasteiger partial charge on any atom is -0.0801 e. The van der Waals surface area contributed by atoms with Gasteiger partial charge in [0.25, 0.3) is 0 Å². The number of hydrogen-bond donors (Lipinski definition) is 0. The van der Waals surface area contributed by atoms with Crippen LogP contribution >= 0.6 is 0 Å². The Kier molecular flexibility index (Phi) is 3.31. The smallest absolute Gasteiger partial charge is 0.00167 e. The number of aryl methyl sites for hydroxylation is 1. The summed E-state index contributed by atoms with van der Waals surface area (Å²) >= 11 is 0. The summed E-state index contributed by atoms with van der Waals surface area (Å²) in [5.74, 6) is 0. The van der Waals surface area contributed by atoms with E-state index in [-0.39, 0.29) is 0 Å². The van der Waals surface area contributed by atoms with E-state index in [1.165, 1.54) is 38.6 Å². The van der Waals surface area contributed by atoms with Crippen molar-refractivity contribution in [1.29, 1.82) is 0 Å². The molecule has 0 saturated heterocycles. The van der Waals surface area contributed by atoms with Crippen molar-refractivity contribution in [2.45, 2.75) is 26.2 Å². The molecular weight excluding hydrogens is 264 g/mol. The van der Waals surface area contributed by atoms with Gasteiger partial charge in [0, 0.05) is 0 Å². The summed E-state index contributed by atoms with van der Waals surface area (Å²) in [7, 11) is 0. The van der Waals surface area contributed by atoms with Crippen LogP contribution in [-0.4, -0.2) is 0 Å². The number of benzene rings is 2. The van der Waals surface area contributed by atoms with Crippen molar-refractivity contribution in [3.05, 3.63) is 89.1 Å². The second-order valence-corrected chi connectivity index (χ2v) is 6.11. The Balaban J connectivity index is 1.84. The van der Waals surface area contributed by atoms with Gasteiger partial charge in [-0.05, 0) is 57.9 Å². The van der Waals surface area contributed by atoms with Crippen molar-refractivity contribution < 1.29 is 0 Å². The van der Waals surface area contributed by atoms with Crippen LogP contribution in [0.2, 0.25) is 0 Å². The maximum Gasteiger partial charge on any atom is -0.00167 e. The molecule has 4 rings (SSSR count). The Labute approximate surface area is 132 Å². The molecule has 2 aromatic carbocycles. The Morgan fingerprint density at radius 3 is 2.82 bits per heavy atom. The highest BCUT2D eigenvalue weighted by atomic mass is 14.2. The van der Waals surface area contributed by atoms with E-state index in [0.29, 0.717) is 0 Å². The first-order valence-electron chi connectivity index (χ1n) is 8.13. The topological polar surface area (TPSA) is 0 Å². The Morgan fingerprint density at radius 1 is 1.00 bits per heavy atom. The molecular formula is C22H20. The van der Waals surface area contributed by atoms with E-state index in [1.807, 2.05) is 0 Å². The van der Waals surface area contributed by atoms with Crippen molar-refractivity contribution in [3.63, 3.8) is 0 Å². The predicted octanol–water partition coefficient (Wildman–Crippen LogP) is 6.00. The summed E-state index contributed by atoms with van der Waals surface area (Å²) in [6.07, 6.45) is 14.4. The van der Waals surface area contributed by atoms with Crippen LogP contribution < -0.4 is 0 Å². The minimum absolute atomic E-state index is 1.05. The van der Waals surface area contributed by atoms with Crippen LogP contribution in [0, 0.1) is 0 Å². The summed E-state index contributed by atoms with van der Waals surface area (Å²) in [5.41, 5.74) is 7.26. The summed E-state index contributed by atoms with van der Waals surface area (Å²) in [6, 6.07) is 13.5. The summed E-state index contributed by atoms with van der Waals surface area (Å²) in [6.45, 7) is 2.23. The van der Waals surface area contributed by atoms with Gasteiger partial charge in [0.2, 0.25) is 0 Å². The number of fused-ring (bicyclic) bond motifs is 1. The predicted molar refractivity (Wildman–Crippen MR) is 95.8 cm³/mol. The highest BCUT2D eigenvalue weighted by Crippen LogP contribution is 2.38. The fraction of sp³-hybridized carbons (Fsp3) is 0.182. The standard InChI is InChI=1S/C22H20/c1-2-16-12-19-10-6-7-11-21(19)22(13-16)20-14-17-8-4-3-5-9-18(17)15-20/h3-8,10-13,15H,2,9,14H2,1H3. The van der Waals surface area contributed by atoms with Crippen LogP contribution in [0.5, 0.6) is 0 Å². The van der Waals surface area contributed by atoms with E-state index in [1.54, 1.807) is 0 Å². The van der Waals surface area contributed by atoms with E-state index >= 15 is 0 Å². The highest BCUT2D eigenvalue weighted by molar-refractivity contribution is 5.96. The normalized spacial score (nSPS) is 16.9. The van der Waals surface area contributed by atoms with Gasteiger partial charge in [0.1, 0.15) is 0 Å². The number of hydrogen-bond acceptors (Lipinski definition) is 0. The molecule has 0 N–H and O–H groups in total. The maximum absolute atomic E-state index is 2.41. The molecule has 0 unspecified atom stereocenters. The zero-order valence-corrected chi connectivity index (χ0v) is 13.0. The Bertz CT molecular complexity index is 857. The zero-order chi connectivity index (χ0) is 14.9. The van der Waals surface area contributed by atoms with E-state index < -0.39 is 0 Å². The zero-order valence-electron chi connectivity index (χ0n) is 13.0. The lowest BCUT2D eigenvalue weighted by atomic mass is 9.93. The molecule has 0 atom stereocenters. The monoisotopic (exact) mass is 284 g/mol. The molecule has 0 heterocycles. The number of allylic oxidation sites excluding steroid dienone is 8. The van der Waals surface area contributed by atoms with Crippen molar-refractivity contribution >= 4 is 16.3 Å². The Hall–Kier alpha value is -2.34. The number of rotatable bonds is 2. The summed E-state index contributed by atoms with van der Waals surface area (Å²) < 4.78 is 0. The lowest BCUT2D eigenvalue weighted by Crippen LogP contribution is -1.90. The lowest BCUT2D eigenvalue weighted by molar-refractivity contribution is 1.14. The van der Waals surface area contributed by atoms with Gasteiger partial charge in [0.05, 0.1) is 0 Å². The first kappa shape index (κ1) is 13.3. The molecule has 2 aliphatic rings. The molecule has 0 nitrogen and oxygen atoms in total. The first-order chi connectivity index (χ1) is 10.8. The van der Waals surface area contributed by atoms with Crippen LogP contribution in [0.25, 0.3) is 16.3 Å². The van der Waals surface area contributed by atoms with Crippen molar-refractivity contribution in [1.82, 2.24) is 0 Å². The molecule has 0 amide bonds. The van der Waals surface area contributed by atoms with Gasteiger partial charge in [-0.3, -0.25) is 0 Å². The van der Waals surface area contributed by atoms with Gasteiger partial charge >= 0.3 is 0 Å². The van der Waals surface area contributed by atoms with E-state index in [0.717, 1.165) is 19.3 Å². The van der Waals surface area contributed by atoms with Crippen molar-refractivity contribution in [3.8, 4) is 0 Å². The SMILES string of the molecule is CCc1cc(C2=CC3=C(C=CC=CC3)C2)c2ccccc2c1. The summed E-state index contributed by atoms with van der Waals surface area (Å²) in [4.78, 5) is 0. The third-order valence-electron chi connectivity index (χ3n) is 4.70. The van der Waals surface area contributed by atoms with Crippen LogP contribution in [0.1, 0.15) is 30.9 Å². The molecule has 22 heavy (non-hydrogen) atoms. The highest BCUT2D eigenvalue weighted by Gasteiger charge is 2.17. The summed E-state index contributed by atoms with van der Waals surface area (Å²) in [5, 5.41) is 2.73. The molecule has 0 spiro atoms. The van der Waals surface area contributed by atoms with E-state index in [9.17, 15) is 0 Å². The molecule has 2 aliphatic carbocycles. The molecule has 2 aromatic rings. The fourth-order valence-electron chi connectivity index (χ4n) is 3.49. The second kappa shape index (κ2) is 5.46. The van der Waals surface area contributed by atoms with Gasteiger partial charge in [-0.2, -0.15) is 0 Å². The van der Waals surface area contributed by atoms with Crippen LogP contribution in [0.4, 0.5) is 0 Å². The largest absolute Gasteiger partial charge is 0.0801 e. The van der Waals surface area contributed by atoms with Gasteiger partial charge in [-0.1, -0.05) is 73.7 Å². The van der Waals surface area contributed by atoms with Crippen LogP contribution in [0.3, 0.4) is 0 Å². The third-order valence-corrected chi connectivity index (χ3v) is 4.70. The molecule has 0 aromatic heterocycles. The molecule has 108 valence electrons.